The second kappa shape index (κ2) is 7.07. The standard InChI is InChI=1S/C16H16BrNO3S/c1-12-9-13(17)11-14(10-12)18-16(19)7-8-22(20,21)15-5-3-2-4-6-15/h2-6,9-11H,7-8H2,1H3,(H,18,19). The van der Waals surface area contributed by atoms with E-state index >= 15 is 0 Å². The van der Waals surface area contributed by atoms with E-state index in [0.717, 1.165) is 10.0 Å². The summed E-state index contributed by atoms with van der Waals surface area (Å²) >= 11 is 3.36. The van der Waals surface area contributed by atoms with Gasteiger partial charge in [0.15, 0.2) is 9.84 Å². The van der Waals surface area contributed by atoms with E-state index in [-0.39, 0.29) is 23.0 Å². The molecule has 0 aromatic heterocycles. The Morgan fingerprint density at radius 3 is 2.45 bits per heavy atom. The van der Waals surface area contributed by atoms with Gasteiger partial charge in [0.05, 0.1) is 10.6 Å². The molecule has 116 valence electrons. The molecular formula is C16H16BrNO3S. The van der Waals surface area contributed by atoms with Crippen molar-refractivity contribution in [2.75, 3.05) is 11.1 Å². The minimum atomic E-state index is -3.43. The zero-order chi connectivity index (χ0) is 16.2. The Balaban J connectivity index is 1.98. The van der Waals surface area contributed by atoms with E-state index < -0.39 is 9.84 Å². The van der Waals surface area contributed by atoms with E-state index in [1.807, 2.05) is 19.1 Å². The molecule has 0 heterocycles. The highest BCUT2D eigenvalue weighted by Gasteiger charge is 2.16. The number of anilines is 1. The van der Waals surface area contributed by atoms with Crippen molar-refractivity contribution in [1.29, 1.82) is 0 Å². The SMILES string of the molecule is Cc1cc(Br)cc(NC(=O)CCS(=O)(=O)c2ccccc2)c1. The average Bonchev–Trinajstić information content (AvgIpc) is 2.45. The quantitative estimate of drug-likeness (QED) is 0.860. The van der Waals surface area contributed by atoms with E-state index in [4.69, 9.17) is 0 Å². The number of carbonyl (C=O) groups is 1. The van der Waals surface area contributed by atoms with Gasteiger partial charge in [0.2, 0.25) is 5.91 Å². The van der Waals surface area contributed by atoms with Crippen molar-refractivity contribution in [2.24, 2.45) is 0 Å². The van der Waals surface area contributed by atoms with Gasteiger partial charge in [0.25, 0.3) is 0 Å². The van der Waals surface area contributed by atoms with Gasteiger partial charge in [0.1, 0.15) is 0 Å². The summed E-state index contributed by atoms with van der Waals surface area (Å²) in [6.07, 6.45) is -0.0806. The van der Waals surface area contributed by atoms with E-state index in [2.05, 4.69) is 21.2 Å². The van der Waals surface area contributed by atoms with Crippen molar-refractivity contribution in [3.63, 3.8) is 0 Å². The van der Waals surface area contributed by atoms with Gasteiger partial charge in [-0.3, -0.25) is 4.79 Å². The van der Waals surface area contributed by atoms with Crippen LogP contribution < -0.4 is 5.32 Å². The molecule has 0 aliphatic heterocycles. The predicted octanol–water partition coefficient (Wildman–Crippen LogP) is 3.56. The first kappa shape index (κ1) is 16.7. The van der Waals surface area contributed by atoms with Gasteiger partial charge in [-0.25, -0.2) is 8.42 Å². The van der Waals surface area contributed by atoms with Gasteiger partial charge in [-0.1, -0.05) is 34.1 Å². The van der Waals surface area contributed by atoms with Crippen LogP contribution in [0.1, 0.15) is 12.0 Å². The lowest BCUT2D eigenvalue weighted by Gasteiger charge is -2.08. The van der Waals surface area contributed by atoms with Crippen LogP contribution in [0.2, 0.25) is 0 Å². The number of halogens is 1. The number of aryl methyl sites for hydroxylation is 1. The van der Waals surface area contributed by atoms with Gasteiger partial charge >= 0.3 is 0 Å². The fourth-order valence-corrected chi connectivity index (χ4v) is 3.87. The molecule has 0 spiro atoms. The molecular weight excluding hydrogens is 366 g/mol. The largest absolute Gasteiger partial charge is 0.326 e. The Kier molecular flexibility index (Phi) is 5.37. The van der Waals surface area contributed by atoms with Gasteiger partial charge in [-0.15, -0.1) is 0 Å². The Hall–Kier alpha value is -1.66. The molecule has 0 aliphatic rings. The molecule has 0 bridgehead atoms. The van der Waals surface area contributed by atoms with Crippen molar-refractivity contribution in [2.45, 2.75) is 18.2 Å². The molecule has 0 fully saturated rings. The van der Waals surface area contributed by atoms with Crippen molar-refractivity contribution in [3.8, 4) is 0 Å². The van der Waals surface area contributed by atoms with Crippen molar-refractivity contribution >= 4 is 37.4 Å². The monoisotopic (exact) mass is 381 g/mol. The van der Waals surface area contributed by atoms with E-state index in [9.17, 15) is 13.2 Å². The predicted molar refractivity (Wildman–Crippen MR) is 90.6 cm³/mol. The number of sulfone groups is 1. The van der Waals surface area contributed by atoms with Crippen molar-refractivity contribution < 1.29 is 13.2 Å². The Labute approximate surface area is 138 Å². The molecule has 1 amide bonds. The van der Waals surface area contributed by atoms with Crippen LogP contribution in [0.25, 0.3) is 0 Å². The maximum absolute atomic E-state index is 12.1. The molecule has 0 atom stereocenters. The third kappa shape index (κ3) is 4.68. The zero-order valence-electron chi connectivity index (χ0n) is 12.0. The van der Waals surface area contributed by atoms with E-state index in [1.165, 1.54) is 12.1 Å². The second-order valence-corrected chi connectivity index (χ2v) is 7.97. The number of amides is 1. The maximum atomic E-state index is 12.1. The molecule has 2 aromatic rings. The molecule has 22 heavy (non-hydrogen) atoms. The van der Waals surface area contributed by atoms with Crippen molar-refractivity contribution in [1.82, 2.24) is 0 Å². The summed E-state index contributed by atoms with van der Waals surface area (Å²) in [6, 6.07) is 13.7. The lowest BCUT2D eigenvalue weighted by Crippen LogP contribution is -2.17. The van der Waals surface area contributed by atoms with Crippen LogP contribution in [0.5, 0.6) is 0 Å². The lowest BCUT2D eigenvalue weighted by molar-refractivity contribution is -0.115. The first-order valence-electron chi connectivity index (χ1n) is 6.72. The van der Waals surface area contributed by atoms with E-state index in [1.54, 1.807) is 24.3 Å². The number of benzene rings is 2. The normalized spacial score (nSPS) is 11.2. The van der Waals surface area contributed by atoms with Crippen LogP contribution in [0.3, 0.4) is 0 Å². The molecule has 0 saturated heterocycles. The fraction of sp³-hybridized carbons (Fsp3) is 0.188. The highest BCUT2D eigenvalue weighted by molar-refractivity contribution is 9.10. The molecule has 0 unspecified atom stereocenters. The number of hydrogen-bond acceptors (Lipinski definition) is 3. The number of nitrogens with one attached hydrogen (secondary N) is 1. The summed E-state index contributed by atoms with van der Waals surface area (Å²) in [5.74, 6) is -0.535. The topological polar surface area (TPSA) is 63.2 Å². The number of hydrogen-bond donors (Lipinski definition) is 1. The third-order valence-electron chi connectivity index (χ3n) is 3.03. The van der Waals surface area contributed by atoms with Crippen LogP contribution in [-0.2, 0) is 14.6 Å². The van der Waals surface area contributed by atoms with E-state index in [0.29, 0.717) is 5.69 Å². The minimum Gasteiger partial charge on any atom is -0.326 e. The Bertz CT molecular complexity index is 753. The molecule has 2 rings (SSSR count). The Morgan fingerprint density at radius 1 is 1.14 bits per heavy atom. The maximum Gasteiger partial charge on any atom is 0.225 e. The summed E-state index contributed by atoms with van der Waals surface area (Å²) in [7, 11) is -3.43. The fourth-order valence-electron chi connectivity index (χ4n) is 2.00. The smallest absolute Gasteiger partial charge is 0.225 e. The van der Waals surface area contributed by atoms with Crippen LogP contribution in [0.15, 0.2) is 57.9 Å². The minimum absolute atomic E-state index is 0.0806. The molecule has 0 aliphatic carbocycles. The van der Waals surface area contributed by atoms with Crippen LogP contribution in [0.4, 0.5) is 5.69 Å². The lowest BCUT2D eigenvalue weighted by atomic mass is 10.2. The molecule has 6 heteroatoms. The van der Waals surface area contributed by atoms with Crippen molar-refractivity contribution in [3.05, 3.63) is 58.6 Å². The zero-order valence-corrected chi connectivity index (χ0v) is 14.4. The first-order valence-corrected chi connectivity index (χ1v) is 9.16. The molecule has 2 aromatic carbocycles. The molecule has 1 N–H and O–H groups in total. The summed E-state index contributed by atoms with van der Waals surface area (Å²) in [6.45, 7) is 1.92. The number of rotatable bonds is 5. The van der Waals surface area contributed by atoms with Gasteiger partial charge in [0, 0.05) is 16.6 Å². The van der Waals surface area contributed by atoms with Crippen LogP contribution >= 0.6 is 15.9 Å². The molecule has 0 radical (unpaired) electrons. The molecule has 4 nitrogen and oxygen atoms in total. The summed E-state index contributed by atoms with van der Waals surface area (Å²) in [4.78, 5) is 12.2. The summed E-state index contributed by atoms with van der Waals surface area (Å²) in [5.41, 5.74) is 1.65. The van der Waals surface area contributed by atoms with Crippen LogP contribution in [-0.4, -0.2) is 20.1 Å². The molecule has 0 saturated carbocycles. The van der Waals surface area contributed by atoms with Gasteiger partial charge in [-0.2, -0.15) is 0 Å². The first-order chi connectivity index (χ1) is 10.4. The van der Waals surface area contributed by atoms with Gasteiger partial charge in [-0.05, 0) is 42.8 Å². The Morgan fingerprint density at radius 2 is 1.82 bits per heavy atom. The van der Waals surface area contributed by atoms with Crippen LogP contribution in [0, 0.1) is 6.92 Å². The average molecular weight is 382 g/mol. The van der Waals surface area contributed by atoms with Gasteiger partial charge < -0.3 is 5.32 Å². The highest BCUT2D eigenvalue weighted by Crippen LogP contribution is 2.19. The third-order valence-corrected chi connectivity index (χ3v) is 5.22. The summed E-state index contributed by atoms with van der Waals surface area (Å²) in [5, 5.41) is 2.71. The second-order valence-electron chi connectivity index (χ2n) is 4.95. The highest BCUT2D eigenvalue weighted by atomic mass is 79.9. The number of carbonyl (C=O) groups excluding carboxylic acids is 1. The summed E-state index contributed by atoms with van der Waals surface area (Å²) < 4.78 is 25.1.